The number of thioether (sulfide) groups is 1. The summed E-state index contributed by atoms with van der Waals surface area (Å²) in [6.45, 7) is 2.22. The number of rotatable bonds is 10. The molecular formula is C30H29N3O6S. The van der Waals surface area contributed by atoms with Gasteiger partial charge in [-0.1, -0.05) is 42.1 Å². The molecular weight excluding hydrogens is 530 g/mol. The Balaban J connectivity index is 1.61. The maximum Gasteiger partial charge on any atom is 0.338 e. The third-order valence-corrected chi connectivity index (χ3v) is 7.35. The first-order valence-electron chi connectivity index (χ1n) is 12.7. The predicted octanol–water partition coefficient (Wildman–Crippen LogP) is 5.28. The van der Waals surface area contributed by atoms with E-state index in [9.17, 15) is 9.59 Å². The van der Waals surface area contributed by atoms with E-state index in [1.54, 1.807) is 51.7 Å². The molecule has 3 heterocycles. The lowest BCUT2D eigenvalue weighted by Crippen LogP contribution is -2.38. The van der Waals surface area contributed by atoms with Gasteiger partial charge in [0, 0.05) is 16.8 Å². The first kappa shape index (κ1) is 27.1. The molecule has 10 heteroatoms. The Labute approximate surface area is 236 Å². The Kier molecular flexibility index (Phi) is 8.26. The van der Waals surface area contributed by atoms with Gasteiger partial charge in [0.15, 0.2) is 5.17 Å². The van der Waals surface area contributed by atoms with Crippen molar-refractivity contribution in [3.05, 3.63) is 100 Å². The summed E-state index contributed by atoms with van der Waals surface area (Å²) in [6.07, 6.45) is 1.63. The van der Waals surface area contributed by atoms with E-state index in [0.717, 1.165) is 5.56 Å². The maximum atomic E-state index is 13.7. The van der Waals surface area contributed by atoms with Crippen molar-refractivity contribution in [2.24, 2.45) is 4.99 Å². The topological polar surface area (TPSA) is 103 Å². The number of hydrogen-bond donors (Lipinski definition) is 1. The van der Waals surface area contributed by atoms with Crippen LogP contribution in [0.15, 0.2) is 93.0 Å². The van der Waals surface area contributed by atoms with Crippen LogP contribution in [-0.2, 0) is 20.9 Å². The minimum absolute atomic E-state index is 0.0618. The zero-order valence-electron chi connectivity index (χ0n) is 22.4. The van der Waals surface area contributed by atoms with Gasteiger partial charge < -0.3 is 28.8 Å². The molecule has 0 saturated heterocycles. The molecule has 0 fully saturated rings. The molecule has 5 rings (SSSR count). The molecule has 0 radical (unpaired) electrons. The van der Waals surface area contributed by atoms with Crippen LogP contribution in [0, 0.1) is 0 Å². The van der Waals surface area contributed by atoms with Crippen LogP contribution in [-0.4, -0.2) is 42.8 Å². The largest absolute Gasteiger partial charge is 0.497 e. The molecule has 9 nitrogen and oxygen atoms in total. The molecule has 1 amide bonds. The summed E-state index contributed by atoms with van der Waals surface area (Å²) in [6, 6.07) is 17.8. The second-order valence-corrected chi connectivity index (χ2v) is 9.72. The molecule has 2 aliphatic heterocycles. The fourth-order valence-electron chi connectivity index (χ4n) is 4.66. The minimum Gasteiger partial charge on any atom is -0.497 e. The van der Waals surface area contributed by atoms with Crippen LogP contribution in [0.25, 0.3) is 5.70 Å². The average Bonchev–Trinajstić information content (AvgIpc) is 3.65. The van der Waals surface area contributed by atoms with Crippen molar-refractivity contribution in [3.63, 3.8) is 0 Å². The molecule has 1 aromatic heterocycles. The number of nitrogens with zero attached hydrogens (tertiary/aromatic N) is 2. The molecule has 0 unspecified atom stereocenters. The highest BCUT2D eigenvalue weighted by atomic mass is 32.2. The number of esters is 1. The zero-order valence-corrected chi connectivity index (χ0v) is 23.2. The fourth-order valence-corrected chi connectivity index (χ4v) is 5.58. The van der Waals surface area contributed by atoms with Crippen molar-refractivity contribution in [2.45, 2.75) is 25.9 Å². The smallest absolute Gasteiger partial charge is 0.338 e. The summed E-state index contributed by atoms with van der Waals surface area (Å²) in [4.78, 5) is 33.6. The van der Waals surface area contributed by atoms with E-state index in [1.807, 2.05) is 46.7 Å². The number of amides is 1. The molecule has 206 valence electrons. The van der Waals surface area contributed by atoms with Crippen LogP contribution in [0.5, 0.6) is 11.5 Å². The lowest BCUT2D eigenvalue weighted by molar-refractivity contribution is -0.139. The van der Waals surface area contributed by atoms with Crippen LogP contribution in [0.2, 0.25) is 0 Å². The molecule has 40 heavy (non-hydrogen) atoms. The summed E-state index contributed by atoms with van der Waals surface area (Å²) < 4.78 is 22.2. The molecule has 3 aromatic rings. The fraction of sp³-hybridized carbons (Fsp3) is 0.233. The highest BCUT2D eigenvalue weighted by Crippen LogP contribution is 2.49. The number of methoxy groups -OCH3 is 2. The van der Waals surface area contributed by atoms with E-state index in [1.165, 1.54) is 11.8 Å². The number of benzene rings is 2. The Hall–Kier alpha value is -4.44. The van der Waals surface area contributed by atoms with Crippen molar-refractivity contribution >= 4 is 34.5 Å². The Morgan fingerprint density at radius 2 is 1.90 bits per heavy atom. The van der Waals surface area contributed by atoms with Gasteiger partial charge in [-0.2, -0.15) is 0 Å². The van der Waals surface area contributed by atoms with Crippen molar-refractivity contribution < 1.29 is 28.2 Å². The maximum absolute atomic E-state index is 13.7. The van der Waals surface area contributed by atoms with E-state index in [2.05, 4.69) is 5.32 Å². The van der Waals surface area contributed by atoms with Crippen LogP contribution >= 0.6 is 11.8 Å². The number of hydrogen-bond acceptors (Lipinski definition) is 9. The van der Waals surface area contributed by atoms with Crippen molar-refractivity contribution in [2.75, 3.05) is 20.8 Å². The number of aliphatic imine (C=N–C) groups is 1. The normalized spacial score (nSPS) is 16.2. The number of nitrogens with one attached hydrogen (secondary N) is 1. The van der Waals surface area contributed by atoms with E-state index in [0.29, 0.717) is 45.0 Å². The number of fused-ring (bicyclic) bond motifs is 1. The Morgan fingerprint density at radius 3 is 2.60 bits per heavy atom. The van der Waals surface area contributed by atoms with Gasteiger partial charge in [0.1, 0.15) is 17.3 Å². The Bertz CT molecular complexity index is 1480. The summed E-state index contributed by atoms with van der Waals surface area (Å²) >= 11 is 1.40. The number of carbonyl (C=O) groups excluding carboxylic acids is 2. The van der Waals surface area contributed by atoms with E-state index >= 15 is 0 Å². The first-order chi connectivity index (χ1) is 19.5. The van der Waals surface area contributed by atoms with Gasteiger partial charge >= 0.3 is 5.97 Å². The van der Waals surface area contributed by atoms with Gasteiger partial charge in [-0.25, -0.2) is 9.79 Å². The second-order valence-electron chi connectivity index (χ2n) is 8.88. The molecule has 0 spiro atoms. The third-order valence-electron chi connectivity index (χ3n) is 6.47. The number of carbonyl (C=O) groups is 2. The third kappa shape index (κ3) is 5.48. The molecule has 1 N–H and O–H groups in total. The summed E-state index contributed by atoms with van der Waals surface area (Å²) in [5.41, 5.74) is 2.98. The summed E-state index contributed by atoms with van der Waals surface area (Å²) in [7, 11) is 3.16. The van der Waals surface area contributed by atoms with Gasteiger partial charge in [0.05, 0.1) is 57.4 Å². The van der Waals surface area contributed by atoms with Crippen molar-refractivity contribution in [1.29, 1.82) is 0 Å². The van der Waals surface area contributed by atoms with E-state index in [-0.39, 0.29) is 25.5 Å². The van der Waals surface area contributed by atoms with Crippen molar-refractivity contribution in [1.82, 2.24) is 10.2 Å². The standard InChI is InChI=1S/C30H29N3O6S/c1-4-38-29(35)26-27(19-9-6-5-7-10-19)32-30-33(28(26)23-16-21(36-2)12-13-24(23)37-3)20(18-40-30)15-25(34)31-17-22-11-8-14-39-22/h5-14,16,18,28H,4,15,17H2,1-3H3,(H,31,34)/t28-/m1/s1. The Morgan fingerprint density at radius 1 is 1.07 bits per heavy atom. The molecule has 0 saturated carbocycles. The highest BCUT2D eigenvalue weighted by molar-refractivity contribution is 8.16. The monoisotopic (exact) mass is 559 g/mol. The van der Waals surface area contributed by atoms with Gasteiger partial charge in [-0.05, 0) is 42.7 Å². The van der Waals surface area contributed by atoms with Gasteiger partial charge in [-0.15, -0.1) is 0 Å². The lowest BCUT2D eigenvalue weighted by atomic mass is 9.90. The molecule has 2 aromatic carbocycles. The quantitative estimate of drug-likeness (QED) is 0.335. The molecule has 2 aliphatic rings. The van der Waals surface area contributed by atoms with Gasteiger partial charge in [-0.3, -0.25) is 4.79 Å². The van der Waals surface area contributed by atoms with E-state index < -0.39 is 12.0 Å². The van der Waals surface area contributed by atoms with Crippen LogP contribution < -0.4 is 14.8 Å². The number of amidine groups is 1. The zero-order chi connectivity index (χ0) is 28.1. The predicted molar refractivity (Wildman–Crippen MR) is 152 cm³/mol. The minimum atomic E-state index is -0.703. The van der Waals surface area contributed by atoms with Gasteiger partial charge in [0.2, 0.25) is 5.91 Å². The molecule has 0 bridgehead atoms. The molecule has 1 atom stereocenters. The highest BCUT2D eigenvalue weighted by Gasteiger charge is 2.43. The summed E-state index contributed by atoms with van der Waals surface area (Å²) in [5.74, 6) is 1.11. The van der Waals surface area contributed by atoms with E-state index in [4.69, 9.17) is 23.6 Å². The van der Waals surface area contributed by atoms with Crippen LogP contribution in [0.3, 0.4) is 0 Å². The number of ether oxygens (including phenoxy) is 3. The lowest BCUT2D eigenvalue weighted by Gasteiger charge is -2.37. The SMILES string of the molecule is CCOC(=O)C1=C(c2ccccc2)N=C2SC=C(CC(=O)NCc3ccco3)N2[C@@H]1c1cc(OC)ccc1OC. The second kappa shape index (κ2) is 12.2. The molecule has 0 aliphatic carbocycles. The van der Waals surface area contributed by atoms with Gasteiger partial charge in [0.25, 0.3) is 0 Å². The average molecular weight is 560 g/mol. The van der Waals surface area contributed by atoms with Crippen LogP contribution in [0.4, 0.5) is 0 Å². The summed E-state index contributed by atoms with van der Waals surface area (Å²) in [5, 5.41) is 5.42. The number of furan rings is 1. The first-order valence-corrected chi connectivity index (χ1v) is 13.6. The van der Waals surface area contributed by atoms with Crippen LogP contribution in [0.1, 0.15) is 36.3 Å². The van der Waals surface area contributed by atoms with Crippen molar-refractivity contribution in [3.8, 4) is 11.5 Å².